The highest BCUT2D eigenvalue weighted by Gasteiger charge is 2.42. The second kappa shape index (κ2) is 39.2. The van der Waals surface area contributed by atoms with Crippen LogP contribution in [0.4, 0.5) is 0 Å². The average Bonchev–Trinajstić information content (AvgIpc) is 3.17. The summed E-state index contributed by atoms with van der Waals surface area (Å²) in [6.45, 7) is 26.4. The van der Waals surface area contributed by atoms with Gasteiger partial charge in [-0.15, -0.1) is 0 Å². The van der Waals surface area contributed by atoms with Crippen molar-refractivity contribution in [3.8, 4) is 0 Å². The normalized spacial score (nSPS) is 13.5. The Morgan fingerprint density at radius 3 is 1.05 bits per heavy atom. The van der Waals surface area contributed by atoms with Gasteiger partial charge in [0.2, 0.25) is 0 Å². The molecule has 0 aromatic heterocycles. The van der Waals surface area contributed by atoms with E-state index in [1.54, 1.807) is 0 Å². The minimum absolute atomic E-state index is 0.189. The number of hydrogen-bond donors (Lipinski definition) is 1. The lowest BCUT2D eigenvalue weighted by Gasteiger charge is -2.40. The van der Waals surface area contributed by atoms with Crippen LogP contribution in [0.5, 0.6) is 0 Å². The SMILES string of the molecule is CCCCCCCCC(CCCOC=CCS)C(OCCCCCCCCCC(C)(C)C)(OCCCCCCCCCC(C)(C)C)OCCCCCCCCCC(C)(C)C. The first-order chi connectivity index (χ1) is 28.6. The zero-order chi connectivity index (χ0) is 44.7. The predicted molar refractivity (Wildman–Crippen MR) is 269 cm³/mol. The Morgan fingerprint density at radius 2 is 0.700 bits per heavy atom. The average molecular weight is 868 g/mol. The predicted octanol–water partition coefficient (Wildman–Crippen LogP) is 18.8. The van der Waals surface area contributed by atoms with E-state index in [1.165, 1.54) is 173 Å². The van der Waals surface area contributed by atoms with Crippen LogP contribution in [0.3, 0.4) is 0 Å². The highest BCUT2D eigenvalue weighted by Crippen LogP contribution is 2.36. The van der Waals surface area contributed by atoms with Crippen LogP contribution in [0.25, 0.3) is 0 Å². The molecule has 60 heavy (non-hydrogen) atoms. The maximum absolute atomic E-state index is 7.06. The standard InChI is InChI=1S/C55H110O4S/c1-11-12-13-14-24-31-40-51(41-38-45-56-46-39-50-60)55(57-47-35-28-21-15-18-25-32-42-52(2,3)4,58-48-36-29-22-16-19-26-33-43-53(5,6)7)59-49-37-30-23-17-20-27-34-44-54(8,9)10/h39,46,51,60H,11-38,40-45,47-50H2,1-10H3. The number of hydrogen-bond acceptors (Lipinski definition) is 5. The molecule has 0 saturated carbocycles. The quantitative estimate of drug-likeness (QED) is 0.0286. The molecule has 4 nitrogen and oxygen atoms in total. The summed E-state index contributed by atoms with van der Waals surface area (Å²) in [5.74, 6) is -0.0863. The van der Waals surface area contributed by atoms with E-state index in [9.17, 15) is 0 Å². The molecular formula is C55H110O4S. The molecular weight excluding hydrogens is 757 g/mol. The Labute approximate surface area is 383 Å². The second-order valence-corrected chi connectivity index (χ2v) is 22.7. The van der Waals surface area contributed by atoms with Crippen molar-refractivity contribution in [2.24, 2.45) is 22.2 Å². The summed E-state index contributed by atoms with van der Waals surface area (Å²) in [6, 6.07) is 0. The molecule has 0 aliphatic carbocycles. The molecule has 0 fully saturated rings. The molecule has 5 heteroatoms. The van der Waals surface area contributed by atoms with Gasteiger partial charge in [-0.05, 0) is 80.1 Å². The Hall–Kier alpha value is -0.230. The molecule has 0 radical (unpaired) electrons. The van der Waals surface area contributed by atoms with E-state index in [0.29, 0.717) is 48.4 Å². The van der Waals surface area contributed by atoms with E-state index < -0.39 is 5.97 Å². The Balaban J connectivity index is 5.74. The van der Waals surface area contributed by atoms with Gasteiger partial charge in [0, 0.05) is 11.7 Å². The molecule has 0 saturated heterocycles. The highest BCUT2D eigenvalue weighted by atomic mass is 32.1. The molecule has 0 spiro atoms. The molecule has 0 aromatic rings. The van der Waals surface area contributed by atoms with E-state index in [4.69, 9.17) is 18.9 Å². The van der Waals surface area contributed by atoms with Crippen molar-refractivity contribution in [3.63, 3.8) is 0 Å². The van der Waals surface area contributed by atoms with E-state index >= 15 is 0 Å². The van der Waals surface area contributed by atoms with Gasteiger partial charge in [-0.25, -0.2) is 0 Å². The molecule has 1 unspecified atom stereocenters. The largest absolute Gasteiger partial charge is 0.502 e. The molecule has 0 rings (SSSR count). The summed E-state index contributed by atoms with van der Waals surface area (Å²) in [6.07, 6.45) is 45.5. The zero-order valence-electron chi connectivity index (χ0n) is 42.7. The van der Waals surface area contributed by atoms with Crippen molar-refractivity contribution in [2.75, 3.05) is 32.2 Å². The summed E-state index contributed by atoms with van der Waals surface area (Å²) >= 11 is 4.31. The summed E-state index contributed by atoms with van der Waals surface area (Å²) in [7, 11) is 0. The molecule has 0 aliphatic heterocycles. The Morgan fingerprint density at radius 1 is 0.383 bits per heavy atom. The van der Waals surface area contributed by atoms with Gasteiger partial charge >= 0.3 is 0 Å². The molecule has 0 aromatic carbocycles. The van der Waals surface area contributed by atoms with Crippen molar-refractivity contribution in [1.29, 1.82) is 0 Å². The third-order valence-corrected chi connectivity index (χ3v) is 12.4. The van der Waals surface area contributed by atoms with Crippen LogP contribution in [-0.2, 0) is 18.9 Å². The minimum atomic E-state index is -0.975. The monoisotopic (exact) mass is 867 g/mol. The maximum atomic E-state index is 7.06. The fraction of sp³-hybridized carbons (Fsp3) is 0.964. The van der Waals surface area contributed by atoms with E-state index in [0.717, 1.165) is 38.5 Å². The van der Waals surface area contributed by atoms with Crippen LogP contribution in [-0.4, -0.2) is 38.2 Å². The highest BCUT2D eigenvalue weighted by molar-refractivity contribution is 7.80. The van der Waals surface area contributed by atoms with Crippen LogP contribution in [0, 0.1) is 22.2 Å². The fourth-order valence-electron chi connectivity index (χ4n) is 8.31. The lowest BCUT2D eigenvalue weighted by atomic mass is 9.89. The molecule has 0 bridgehead atoms. The summed E-state index contributed by atoms with van der Waals surface area (Å²) in [5.41, 5.74) is 1.36. The number of rotatable bonds is 44. The number of thiol groups is 1. The lowest BCUT2D eigenvalue weighted by molar-refractivity contribution is -0.407. The Kier molecular flexibility index (Phi) is 39.0. The van der Waals surface area contributed by atoms with Crippen molar-refractivity contribution >= 4 is 12.6 Å². The molecule has 0 amide bonds. The molecule has 0 heterocycles. The van der Waals surface area contributed by atoms with Gasteiger partial charge in [0.1, 0.15) is 0 Å². The van der Waals surface area contributed by atoms with Gasteiger partial charge in [0.05, 0.1) is 32.7 Å². The smallest absolute Gasteiger partial charge is 0.285 e. The van der Waals surface area contributed by atoms with Crippen molar-refractivity contribution in [2.45, 2.75) is 287 Å². The first kappa shape index (κ1) is 59.8. The Bertz CT molecular complexity index is 829. The lowest BCUT2D eigenvalue weighted by Crippen LogP contribution is -2.47. The van der Waals surface area contributed by atoms with Crippen LogP contribution >= 0.6 is 12.6 Å². The van der Waals surface area contributed by atoms with E-state index in [2.05, 4.69) is 81.9 Å². The zero-order valence-corrected chi connectivity index (χ0v) is 43.6. The van der Waals surface area contributed by atoms with Crippen molar-refractivity contribution < 1.29 is 18.9 Å². The minimum Gasteiger partial charge on any atom is -0.502 e. The van der Waals surface area contributed by atoms with Gasteiger partial charge in [-0.2, -0.15) is 12.6 Å². The molecule has 1 atom stereocenters. The van der Waals surface area contributed by atoms with E-state index in [-0.39, 0.29) is 5.92 Å². The number of unbranched alkanes of at least 4 members (excludes halogenated alkanes) is 23. The summed E-state index contributed by atoms with van der Waals surface area (Å²) in [4.78, 5) is 0. The second-order valence-electron chi connectivity index (χ2n) is 22.3. The topological polar surface area (TPSA) is 36.9 Å². The molecule has 0 N–H and O–H groups in total. The van der Waals surface area contributed by atoms with Crippen molar-refractivity contribution in [1.82, 2.24) is 0 Å². The molecule has 0 aliphatic rings. The van der Waals surface area contributed by atoms with E-state index in [1.807, 2.05) is 12.3 Å². The summed E-state index contributed by atoms with van der Waals surface area (Å²) < 4.78 is 27.1. The summed E-state index contributed by atoms with van der Waals surface area (Å²) in [5, 5.41) is 0. The van der Waals surface area contributed by atoms with Crippen LogP contribution in [0.1, 0.15) is 281 Å². The van der Waals surface area contributed by atoms with Gasteiger partial charge in [-0.3, -0.25) is 0 Å². The van der Waals surface area contributed by atoms with Crippen LogP contribution in [0.15, 0.2) is 12.3 Å². The fourth-order valence-corrected chi connectivity index (χ4v) is 8.39. The van der Waals surface area contributed by atoms with Gasteiger partial charge in [0.25, 0.3) is 5.97 Å². The van der Waals surface area contributed by atoms with Gasteiger partial charge in [-0.1, -0.05) is 223 Å². The van der Waals surface area contributed by atoms with Gasteiger partial charge < -0.3 is 18.9 Å². The van der Waals surface area contributed by atoms with Crippen LogP contribution < -0.4 is 0 Å². The van der Waals surface area contributed by atoms with Crippen LogP contribution in [0.2, 0.25) is 0 Å². The first-order valence-corrected chi connectivity index (χ1v) is 27.1. The third kappa shape index (κ3) is 41.8. The molecule has 360 valence electrons. The number of ether oxygens (including phenoxy) is 4. The maximum Gasteiger partial charge on any atom is 0.285 e. The third-order valence-electron chi connectivity index (χ3n) is 12.1. The van der Waals surface area contributed by atoms with Crippen molar-refractivity contribution in [3.05, 3.63) is 12.3 Å². The van der Waals surface area contributed by atoms with Gasteiger partial charge in [0.15, 0.2) is 0 Å². The first-order valence-electron chi connectivity index (χ1n) is 26.4.